The molecule has 5 heteroatoms. The van der Waals surface area contributed by atoms with Crippen molar-refractivity contribution >= 4 is 5.69 Å². The molecule has 0 bridgehead atoms. The molecule has 1 aromatic carbocycles. The van der Waals surface area contributed by atoms with Crippen molar-refractivity contribution in [3.05, 3.63) is 36.0 Å². The lowest BCUT2D eigenvalue weighted by Crippen LogP contribution is -2.02. The lowest BCUT2D eigenvalue weighted by atomic mass is 10.3. The van der Waals surface area contributed by atoms with Crippen LogP contribution in [0, 0.1) is 6.92 Å². The summed E-state index contributed by atoms with van der Waals surface area (Å²) in [4.78, 5) is 4.10. The summed E-state index contributed by atoms with van der Waals surface area (Å²) in [6.07, 6.45) is 0. The molecule has 0 spiro atoms. The lowest BCUT2D eigenvalue weighted by molar-refractivity contribution is 0.388. The van der Waals surface area contributed by atoms with Crippen LogP contribution in [0.5, 0.6) is 5.75 Å². The minimum absolute atomic E-state index is 0.512. The Morgan fingerprint density at radius 1 is 1.38 bits per heavy atom. The second kappa shape index (κ2) is 4.65. The van der Waals surface area contributed by atoms with Crippen LogP contribution in [0.4, 0.5) is 5.69 Å². The summed E-state index contributed by atoms with van der Waals surface area (Å²) >= 11 is 0. The predicted molar refractivity (Wildman–Crippen MR) is 59.4 cm³/mol. The van der Waals surface area contributed by atoms with Crippen molar-refractivity contribution in [2.24, 2.45) is 0 Å². The minimum atomic E-state index is 0.512. The van der Waals surface area contributed by atoms with Gasteiger partial charge in [0.05, 0.1) is 19.3 Å². The van der Waals surface area contributed by atoms with Gasteiger partial charge in [0.25, 0.3) is 0 Å². The number of nitrogens with one attached hydrogen (secondary N) is 1. The van der Waals surface area contributed by atoms with E-state index in [-0.39, 0.29) is 0 Å². The topological polar surface area (TPSA) is 60.2 Å². The number of ether oxygens (including phenoxy) is 1. The first-order valence-corrected chi connectivity index (χ1v) is 4.95. The highest BCUT2D eigenvalue weighted by Crippen LogP contribution is 2.23. The van der Waals surface area contributed by atoms with Gasteiger partial charge in [-0.05, 0) is 12.1 Å². The molecule has 2 aromatic rings. The van der Waals surface area contributed by atoms with Crippen LogP contribution in [0.3, 0.4) is 0 Å². The van der Waals surface area contributed by atoms with E-state index in [1.54, 1.807) is 14.0 Å². The zero-order valence-corrected chi connectivity index (χ0v) is 9.23. The summed E-state index contributed by atoms with van der Waals surface area (Å²) < 4.78 is 10.1. The number of aryl methyl sites for hydroxylation is 1. The maximum atomic E-state index is 5.21. The highest BCUT2D eigenvalue weighted by molar-refractivity contribution is 5.55. The standard InChI is InChI=1S/C11H13N3O2/c1-8-13-11(14-16-8)7-12-9-5-3-4-6-10(9)15-2/h3-6,12H,7H2,1-2H3. The zero-order valence-electron chi connectivity index (χ0n) is 9.23. The van der Waals surface area contributed by atoms with Gasteiger partial charge in [-0.2, -0.15) is 4.98 Å². The molecule has 0 atom stereocenters. The van der Waals surface area contributed by atoms with Crippen LogP contribution in [-0.2, 0) is 6.54 Å². The van der Waals surface area contributed by atoms with Gasteiger partial charge in [0, 0.05) is 6.92 Å². The second-order valence-electron chi connectivity index (χ2n) is 3.28. The third-order valence-electron chi connectivity index (χ3n) is 2.11. The van der Waals surface area contributed by atoms with E-state index < -0.39 is 0 Å². The van der Waals surface area contributed by atoms with Gasteiger partial charge >= 0.3 is 0 Å². The van der Waals surface area contributed by atoms with Crippen molar-refractivity contribution in [2.45, 2.75) is 13.5 Å². The molecule has 0 saturated carbocycles. The molecule has 16 heavy (non-hydrogen) atoms. The second-order valence-corrected chi connectivity index (χ2v) is 3.28. The van der Waals surface area contributed by atoms with Crippen LogP contribution >= 0.6 is 0 Å². The van der Waals surface area contributed by atoms with Crippen LogP contribution in [0.1, 0.15) is 11.7 Å². The molecule has 84 valence electrons. The van der Waals surface area contributed by atoms with E-state index in [1.807, 2.05) is 24.3 Å². The van der Waals surface area contributed by atoms with E-state index in [4.69, 9.17) is 9.26 Å². The van der Waals surface area contributed by atoms with Crippen LogP contribution in [-0.4, -0.2) is 17.3 Å². The molecule has 2 rings (SSSR count). The van der Waals surface area contributed by atoms with Crippen molar-refractivity contribution in [2.75, 3.05) is 12.4 Å². The monoisotopic (exact) mass is 219 g/mol. The number of benzene rings is 1. The highest BCUT2D eigenvalue weighted by atomic mass is 16.5. The van der Waals surface area contributed by atoms with Crippen molar-refractivity contribution in [1.29, 1.82) is 0 Å². The van der Waals surface area contributed by atoms with Gasteiger partial charge < -0.3 is 14.6 Å². The minimum Gasteiger partial charge on any atom is -0.495 e. The SMILES string of the molecule is COc1ccccc1NCc1noc(C)n1. The maximum absolute atomic E-state index is 5.21. The van der Waals surface area contributed by atoms with Crippen LogP contribution < -0.4 is 10.1 Å². The zero-order chi connectivity index (χ0) is 11.4. The van der Waals surface area contributed by atoms with Gasteiger partial charge in [-0.15, -0.1) is 0 Å². The molecule has 0 aliphatic heterocycles. The lowest BCUT2D eigenvalue weighted by Gasteiger charge is -2.08. The Balaban J connectivity index is 2.04. The van der Waals surface area contributed by atoms with Gasteiger partial charge in [0.15, 0.2) is 5.82 Å². The normalized spacial score (nSPS) is 10.1. The molecular weight excluding hydrogens is 206 g/mol. The fourth-order valence-electron chi connectivity index (χ4n) is 1.38. The quantitative estimate of drug-likeness (QED) is 0.852. The van der Waals surface area contributed by atoms with Gasteiger partial charge in [-0.1, -0.05) is 17.3 Å². The summed E-state index contributed by atoms with van der Waals surface area (Å²) in [6.45, 7) is 2.28. The first-order valence-electron chi connectivity index (χ1n) is 4.95. The number of para-hydroxylation sites is 2. The maximum Gasteiger partial charge on any atom is 0.223 e. The third-order valence-corrected chi connectivity index (χ3v) is 2.11. The number of aromatic nitrogens is 2. The van der Waals surface area contributed by atoms with E-state index in [0.29, 0.717) is 18.3 Å². The smallest absolute Gasteiger partial charge is 0.223 e. The fourth-order valence-corrected chi connectivity index (χ4v) is 1.38. The largest absolute Gasteiger partial charge is 0.495 e. The Hall–Kier alpha value is -2.04. The van der Waals surface area contributed by atoms with Crippen LogP contribution in [0.25, 0.3) is 0 Å². The van der Waals surface area contributed by atoms with Crippen molar-refractivity contribution < 1.29 is 9.26 Å². The molecule has 5 nitrogen and oxygen atoms in total. The fraction of sp³-hybridized carbons (Fsp3) is 0.273. The molecule has 0 aliphatic carbocycles. The summed E-state index contributed by atoms with van der Waals surface area (Å²) in [6, 6.07) is 7.68. The molecule has 0 saturated heterocycles. The first-order chi connectivity index (χ1) is 7.79. The van der Waals surface area contributed by atoms with E-state index >= 15 is 0 Å². The Bertz CT molecular complexity index is 468. The summed E-state index contributed by atoms with van der Waals surface area (Å²) in [5, 5.41) is 6.98. The Morgan fingerprint density at radius 2 is 2.19 bits per heavy atom. The predicted octanol–water partition coefficient (Wildman–Crippen LogP) is 2.00. The van der Waals surface area contributed by atoms with Crippen molar-refractivity contribution in [1.82, 2.24) is 10.1 Å². The Labute approximate surface area is 93.4 Å². The molecule has 0 amide bonds. The molecule has 0 aliphatic rings. The number of anilines is 1. The van der Waals surface area contributed by atoms with Gasteiger partial charge in [0.1, 0.15) is 5.75 Å². The Morgan fingerprint density at radius 3 is 2.88 bits per heavy atom. The van der Waals surface area contributed by atoms with Gasteiger partial charge in [0.2, 0.25) is 5.89 Å². The molecule has 1 N–H and O–H groups in total. The molecular formula is C11H13N3O2. The number of nitrogens with zero attached hydrogens (tertiary/aromatic N) is 2. The molecule has 1 heterocycles. The van der Waals surface area contributed by atoms with E-state index in [9.17, 15) is 0 Å². The van der Waals surface area contributed by atoms with E-state index in [0.717, 1.165) is 11.4 Å². The summed E-state index contributed by atoms with van der Waals surface area (Å²) in [5.74, 6) is 1.99. The third kappa shape index (κ3) is 2.31. The summed E-state index contributed by atoms with van der Waals surface area (Å²) in [5.41, 5.74) is 0.910. The summed E-state index contributed by atoms with van der Waals surface area (Å²) in [7, 11) is 1.64. The molecule has 1 aromatic heterocycles. The number of hydrogen-bond acceptors (Lipinski definition) is 5. The van der Waals surface area contributed by atoms with Gasteiger partial charge in [-0.3, -0.25) is 0 Å². The highest BCUT2D eigenvalue weighted by Gasteiger charge is 2.04. The number of methoxy groups -OCH3 is 1. The number of rotatable bonds is 4. The molecule has 0 unspecified atom stereocenters. The van der Waals surface area contributed by atoms with Gasteiger partial charge in [-0.25, -0.2) is 0 Å². The van der Waals surface area contributed by atoms with Crippen LogP contribution in [0.15, 0.2) is 28.8 Å². The van der Waals surface area contributed by atoms with Crippen molar-refractivity contribution in [3.63, 3.8) is 0 Å². The average Bonchev–Trinajstić information content (AvgIpc) is 2.73. The molecule has 0 radical (unpaired) electrons. The Kier molecular flexibility index (Phi) is 3.05. The van der Waals surface area contributed by atoms with E-state index in [2.05, 4.69) is 15.5 Å². The van der Waals surface area contributed by atoms with Crippen LogP contribution in [0.2, 0.25) is 0 Å². The first kappa shape index (κ1) is 10.5. The average molecular weight is 219 g/mol. The van der Waals surface area contributed by atoms with E-state index in [1.165, 1.54) is 0 Å². The number of hydrogen-bond donors (Lipinski definition) is 1. The van der Waals surface area contributed by atoms with Crippen molar-refractivity contribution in [3.8, 4) is 5.75 Å². The molecule has 0 fully saturated rings.